The number of nitrogens with one attached hydrogen (secondary N) is 1. The van der Waals surface area contributed by atoms with Gasteiger partial charge in [-0.1, -0.05) is 41.9 Å². The molecule has 1 aromatic heterocycles. The highest BCUT2D eigenvalue weighted by Gasteiger charge is 2.13. The zero-order valence-electron chi connectivity index (χ0n) is 15.6. The second-order valence-electron chi connectivity index (χ2n) is 6.71. The van der Waals surface area contributed by atoms with Crippen LogP contribution in [0.4, 0.5) is 4.39 Å². The summed E-state index contributed by atoms with van der Waals surface area (Å²) in [5, 5.41) is 3.58. The predicted molar refractivity (Wildman–Crippen MR) is 113 cm³/mol. The lowest BCUT2D eigenvalue weighted by Crippen LogP contribution is -2.26. The maximum atomic E-state index is 13.0. The summed E-state index contributed by atoms with van der Waals surface area (Å²) in [6, 6.07) is 21.2. The summed E-state index contributed by atoms with van der Waals surface area (Å²) in [6.45, 7) is 1.02. The quantitative estimate of drug-likeness (QED) is 0.496. The third-order valence-electron chi connectivity index (χ3n) is 4.76. The molecule has 146 valence electrons. The Hall–Kier alpha value is -3.18. The number of aromatic nitrogens is 2. The first-order valence-electron chi connectivity index (χ1n) is 9.33. The van der Waals surface area contributed by atoms with E-state index in [2.05, 4.69) is 9.88 Å². The molecule has 1 amide bonds. The number of hydrogen-bond acceptors (Lipinski definition) is 2. The van der Waals surface area contributed by atoms with Gasteiger partial charge in [0.15, 0.2) is 0 Å². The van der Waals surface area contributed by atoms with E-state index in [0.717, 1.165) is 22.4 Å². The molecule has 0 saturated heterocycles. The Morgan fingerprint density at radius 3 is 2.52 bits per heavy atom. The SMILES string of the molecule is O=C(NCCc1nc2ccccc2n1Cc1ccccc1Cl)c1ccc(F)cc1. The Balaban J connectivity index is 1.53. The lowest BCUT2D eigenvalue weighted by Gasteiger charge is -2.11. The minimum Gasteiger partial charge on any atom is -0.352 e. The number of para-hydroxylation sites is 2. The number of imidazole rings is 1. The fourth-order valence-electron chi connectivity index (χ4n) is 3.28. The molecule has 0 radical (unpaired) electrons. The lowest BCUT2D eigenvalue weighted by molar-refractivity contribution is 0.0954. The number of hydrogen-bond donors (Lipinski definition) is 1. The van der Waals surface area contributed by atoms with Gasteiger partial charge in [-0.3, -0.25) is 4.79 Å². The standard InChI is InChI=1S/C23H19ClFN3O/c24-19-6-2-1-5-17(19)15-28-21-8-4-3-7-20(21)27-22(28)13-14-26-23(29)16-9-11-18(25)12-10-16/h1-12H,13-15H2,(H,26,29). The van der Waals surface area contributed by atoms with E-state index in [1.165, 1.54) is 24.3 Å². The molecule has 29 heavy (non-hydrogen) atoms. The molecule has 0 bridgehead atoms. The predicted octanol–water partition coefficient (Wildman–Crippen LogP) is 4.85. The fourth-order valence-corrected chi connectivity index (χ4v) is 3.48. The van der Waals surface area contributed by atoms with Gasteiger partial charge in [-0.05, 0) is 48.0 Å². The van der Waals surface area contributed by atoms with E-state index >= 15 is 0 Å². The number of nitrogens with zero attached hydrogens (tertiary/aromatic N) is 2. The summed E-state index contributed by atoms with van der Waals surface area (Å²) in [5.74, 6) is 0.263. The zero-order chi connectivity index (χ0) is 20.2. The van der Waals surface area contributed by atoms with Crippen molar-refractivity contribution in [2.45, 2.75) is 13.0 Å². The second-order valence-corrected chi connectivity index (χ2v) is 7.11. The molecule has 0 fully saturated rings. The highest BCUT2D eigenvalue weighted by molar-refractivity contribution is 6.31. The van der Waals surface area contributed by atoms with Crippen LogP contribution in [0.1, 0.15) is 21.7 Å². The number of carbonyl (C=O) groups is 1. The molecule has 0 spiro atoms. The molecule has 0 unspecified atom stereocenters. The maximum Gasteiger partial charge on any atom is 0.251 e. The van der Waals surface area contributed by atoms with Crippen molar-refractivity contribution in [3.05, 3.63) is 101 Å². The van der Waals surface area contributed by atoms with Crippen LogP contribution in [-0.2, 0) is 13.0 Å². The van der Waals surface area contributed by atoms with E-state index < -0.39 is 0 Å². The minimum absolute atomic E-state index is 0.237. The number of benzene rings is 3. The summed E-state index contributed by atoms with van der Waals surface area (Å²) in [5.41, 5.74) is 3.36. The number of rotatable bonds is 6. The van der Waals surface area contributed by atoms with E-state index in [1.54, 1.807) is 0 Å². The van der Waals surface area contributed by atoms with Crippen LogP contribution in [0.3, 0.4) is 0 Å². The van der Waals surface area contributed by atoms with Crippen molar-refractivity contribution in [2.24, 2.45) is 0 Å². The van der Waals surface area contributed by atoms with Crippen molar-refractivity contribution in [3.8, 4) is 0 Å². The fraction of sp³-hybridized carbons (Fsp3) is 0.130. The molecule has 0 aliphatic rings. The van der Waals surface area contributed by atoms with Gasteiger partial charge in [0.25, 0.3) is 5.91 Å². The normalized spacial score (nSPS) is 11.0. The van der Waals surface area contributed by atoms with E-state index in [-0.39, 0.29) is 11.7 Å². The van der Waals surface area contributed by atoms with Crippen LogP contribution in [0.15, 0.2) is 72.8 Å². The molecule has 4 nitrogen and oxygen atoms in total. The highest BCUT2D eigenvalue weighted by Crippen LogP contribution is 2.22. The molecule has 0 aliphatic heterocycles. The van der Waals surface area contributed by atoms with E-state index in [4.69, 9.17) is 16.6 Å². The van der Waals surface area contributed by atoms with Gasteiger partial charge >= 0.3 is 0 Å². The van der Waals surface area contributed by atoms with Crippen molar-refractivity contribution in [2.75, 3.05) is 6.54 Å². The molecule has 0 atom stereocenters. The maximum absolute atomic E-state index is 13.0. The van der Waals surface area contributed by atoms with E-state index in [0.29, 0.717) is 30.1 Å². The van der Waals surface area contributed by atoms with Gasteiger partial charge in [-0.2, -0.15) is 0 Å². The Morgan fingerprint density at radius 1 is 1.00 bits per heavy atom. The van der Waals surface area contributed by atoms with Crippen LogP contribution in [0.25, 0.3) is 11.0 Å². The molecule has 4 aromatic rings. The number of halogens is 2. The van der Waals surface area contributed by atoms with Crippen molar-refractivity contribution in [1.29, 1.82) is 0 Å². The first-order chi connectivity index (χ1) is 14.1. The summed E-state index contributed by atoms with van der Waals surface area (Å²) in [6.07, 6.45) is 0.562. The largest absolute Gasteiger partial charge is 0.352 e. The molecule has 1 N–H and O–H groups in total. The minimum atomic E-state index is -0.366. The van der Waals surface area contributed by atoms with E-state index in [9.17, 15) is 9.18 Å². The van der Waals surface area contributed by atoms with Crippen molar-refractivity contribution >= 4 is 28.5 Å². The van der Waals surface area contributed by atoms with Gasteiger partial charge in [0, 0.05) is 23.6 Å². The van der Waals surface area contributed by atoms with Crippen LogP contribution in [0, 0.1) is 5.82 Å². The van der Waals surface area contributed by atoms with Crippen molar-refractivity contribution in [3.63, 3.8) is 0 Å². The van der Waals surface area contributed by atoms with Gasteiger partial charge in [0.1, 0.15) is 11.6 Å². The molecular weight excluding hydrogens is 389 g/mol. The van der Waals surface area contributed by atoms with Gasteiger partial charge < -0.3 is 9.88 Å². The van der Waals surface area contributed by atoms with Crippen molar-refractivity contribution in [1.82, 2.24) is 14.9 Å². The number of fused-ring (bicyclic) bond motifs is 1. The first-order valence-corrected chi connectivity index (χ1v) is 9.71. The second kappa shape index (κ2) is 8.45. The number of carbonyl (C=O) groups excluding carboxylic acids is 1. The Bertz CT molecular complexity index is 1150. The third kappa shape index (κ3) is 4.30. The molecule has 0 aliphatic carbocycles. The van der Waals surface area contributed by atoms with Gasteiger partial charge in [0.2, 0.25) is 0 Å². The van der Waals surface area contributed by atoms with Gasteiger partial charge in [0.05, 0.1) is 17.6 Å². The Labute approximate surface area is 173 Å². The average Bonchev–Trinajstić information content (AvgIpc) is 3.07. The third-order valence-corrected chi connectivity index (χ3v) is 5.13. The van der Waals surface area contributed by atoms with Crippen LogP contribution in [0.5, 0.6) is 0 Å². The molecule has 4 rings (SSSR count). The highest BCUT2D eigenvalue weighted by atomic mass is 35.5. The molecule has 6 heteroatoms. The van der Waals surface area contributed by atoms with E-state index in [1.807, 2.05) is 48.5 Å². The number of amides is 1. The van der Waals surface area contributed by atoms with Crippen molar-refractivity contribution < 1.29 is 9.18 Å². The zero-order valence-corrected chi connectivity index (χ0v) is 16.4. The molecular formula is C23H19ClFN3O. The van der Waals surface area contributed by atoms with Gasteiger partial charge in [-0.15, -0.1) is 0 Å². The monoisotopic (exact) mass is 407 g/mol. The average molecular weight is 408 g/mol. The Morgan fingerprint density at radius 2 is 1.72 bits per heavy atom. The molecule has 3 aromatic carbocycles. The summed E-state index contributed by atoms with van der Waals surface area (Å²) in [7, 11) is 0. The lowest BCUT2D eigenvalue weighted by atomic mass is 10.2. The van der Waals surface area contributed by atoms with Gasteiger partial charge in [-0.25, -0.2) is 9.37 Å². The summed E-state index contributed by atoms with van der Waals surface area (Å²) < 4.78 is 15.2. The van der Waals surface area contributed by atoms with Crippen LogP contribution < -0.4 is 5.32 Å². The van der Waals surface area contributed by atoms with Crippen LogP contribution in [0.2, 0.25) is 5.02 Å². The molecule has 0 saturated carbocycles. The molecule has 1 heterocycles. The summed E-state index contributed by atoms with van der Waals surface area (Å²) in [4.78, 5) is 17.0. The Kier molecular flexibility index (Phi) is 5.58. The summed E-state index contributed by atoms with van der Waals surface area (Å²) >= 11 is 6.35. The van der Waals surface area contributed by atoms with Crippen LogP contribution >= 0.6 is 11.6 Å². The topological polar surface area (TPSA) is 46.9 Å². The smallest absolute Gasteiger partial charge is 0.251 e. The van der Waals surface area contributed by atoms with Crippen LogP contribution in [-0.4, -0.2) is 22.0 Å². The first kappa shape index (κ1) is 19.2.